The van der Waals surface area contributed by atoms with E-state index in [0.29, 0.717) is 18.0 Å². The van der Waals surface area contributed by atoms with Gasteiger partial charge in [0.15, 0.2) is 0 Å². The molecule has 2 saturated heterocycles. The molecule has 2 rings (SSSR count). The zero-order valence-electron chi connectivity index (χ0n) is 8.46. The topological polar surface area (TPSA) is 20.3 Å². The van der Waals surface area contributed by atoms with Crippen LogP contribution in [0.3, 0.4) is 0 Å². The summed E-state index contributed by atoms with van der Waals surface area (Å²) < 4.78 is 0. The Morgan fingerprint density at radius 1 is 1.38 bits per heavy atom. The normalized spacial score (nSPS) is 33.6. The minimum atomic E-state index is 0.420. The first-order valence-electron chi connectivity index (χ1n) is 5.64. The van der Waals surface area contributed by atoms with E-state index < -0.39 is 0 Å². The number of carbonyl (C=O) groups is 1. The number of hydrogen-bond donors (Lipinski definition) is 0. The standard InChI is InChI=1S/C11H19NO/c1-2-4-9-5-3-6-10-7-8-11(13)12(9)10/h9-10H,2-8H2,1H3/t9-,10-/m0/s1. The molecule has 0 bridgehead atoms. The summed E-state index contributed by atoms with van der Waals surface area (Å²) in [5.74, 6) is 0.420. The molecule has 2 nitrogen and oxygen atoms in total. The van der Waals surface area contributed by atoms with Crippen LogP contribution >= 0.6 is 0 Å². The first-order valence-corrected chi connectivity index (χ1v) is 5.64. The van der Waals surface area contributed by atoms with Crippen molar-refractivity contribution < 1.29 is 4.79 Å². The van der Waals surface area contributed by atoms with E-state index in [-0.39, 0.29) is 0 Å². The lowest BCUT2D eigenvalue weighted by Crippen LogP contribution is -2.44. The molecule has 2 heteroatoms. The molecule has 2 fully saturated rings. The lowest BCUT2D eigenvalue weighted by molar-refractivity contribution is -0.132. The van der Waals surface area contributed by atoms with Crippen LogP contribution in [0.5, 0.6) is 0 Å². The van der Waals surface area contributed by atoms with E-state index in [1.807, 2.05) is 0 Å². The first-order chi connectivity index (χ1) is 6.33. The fourth-order valence-electron chi connectivity index (χ4n) is 2.89. The second kappa shape index (κ2) is 3.69. The molecular weight excluding hydrogens is 162 g/mol. The Morgan fingerprint density at radius 3 is 3.00 bits per heavy atom. The average molecular weight is 181 g/mol. The van der Waals surface area contributed by atoms with Crippen LogP contribution < -0.4 is 0 Å². The van der Waals surface area contributed by atoms with Crippen molar-refractivity contribution in [2.75, 3.05) is 0 Å². The van der Waals surface area contributed by atoms with Gasteiger partial charge in [-0.3, -0.25) is 4.79 Å². The summed E-state index contributed by atoms with van der Waals surface area (Å²) in [6.07, 6.45) is 8.19. The predicted molar refractivity (Wildman–Crippen MR) is 52.4 cm³/mol. The summed E-state index contributed by atoms with van der Waals surface area (Å²) in [5, 5.41) is 0. The molecular formula is C11H19NO. The van der Waals surface area contributed by atoms with E-state index in [0.717, 1.165) is 12.8 Å². The molecule has 1 amide bonds. The van der Waals surface area contributed by atoms with Crippen molar-refractivity contribution in [3.8, 4) is 0 Å². The summed E-state index contributed by atoms with van der Waals surface area (Å²) in [6, 6.07) is 1.19. The Morgan fingerprint density at radius 2 is 2.23 bits per heavy atom. The largest absolute Gasteiger partial charge is 0.337 e. The Labute approximate surface area is 80.3 Å². The number of carbonyl (C=O) groups excluding carboxylic acids is 1. The van der Waals surface area contributed by atoms with Gasteiger partial charge in [-0.15, -0.1) is 0 Å². The SMILES string of the molecule is CCC[C@H]1CCC[C@H]2CCC(=O)N12. The number of piperidine rings is 1. The van der Waals surface area contributed by atoms with Gasteiger partial charge in [0.25, 0.3) is 0 Å². The third kappa shape index (κ3) is 1.59. The van der Waals surface area contributed by atoms with Crippen LogP contribution in [-0.2, 0) is 4.79 Å². The molecule has 0 spiro atoms. The van der Waals surface area contributed by atoms with Crippen molar-refractivity contribution in [1.29, 1.82) is 0 Å². The molecule has 0 N–H and O–H groups in total. The molecule has 2 atom stereocenters. The molecule has 2 aliphatic heterocycles. The maximum Gasteiger partial charge on any atom is 0.223 e. The number of fused-ring (bicyclic) bond motifs is 1. The molecule has 2 heterocycles. The van der Waals surface area contributed by atoms with E-state index in [2.05, 4.69) is 11.8 Å². The predicted octanol–water partition coefficient (Wildman–Crippen LogP) is 2.33. The van der Waals surface area contributed by atoms with E-state index >= 15 is 0 Å². The smallest absolute Gasteiger partial charge is 0.223 e. The van der Waals surface area contributed by atoms with Crippen LogP contribution in [0.15, 0.2) is 0 Å². The van der Waals surface area contributed by atoms with Crippen LogP contribution in [0.25, 0.3) is 0 Å². The quantitative estimate of drug-likeness (QED) is 0.640. The molecule has 0 radical (unpaired) electrons. The van der Waals surface area contributed by atoms with E-state index in [1.54, 1.807) is 0 Å². The van der Waals surface area contributed by atoms with Crippen LogP contribution in [0.4, 0.5) is 0 Å². The number of nitrogens with zero attached hydrogens (tertiary/aromatic N) is 1. The van der Waals surface area contributed by atoms with Crippen molar-refractivity contribution >= 4 is 5.91 Å². The second-order valence-electron chi connectivity index (χ2n) is 4.37. The first kappa shape index (κ1) is 9.04. The van der Waals surface area contributed by atoms with Gasteiger partial charge in [-0.25, -0.2) is 0 Å². The molecule has 13 heavy (non-hydrogen) atoms. The fourth-order valence-corrected chi connectivity index (χ4v) is 2.89. The van der Waals surface area contributed by atoms with Gasteiger partial charge in [0.05, 0.1) is 0 Å². The summed E-state index contributed by atoms with van der Waals surface area (Å²) in [5.41, 5.74) is 0. The van der Waals surface area contributed by atoms with Crippen molar-refractivity contribution in [3.63, 3.8) is 0 Å². The van der Waals surface area contributed by atoms with Gasteiger partial charge < -0.3 is 4.90 Å². The number of amides is 1. The minimum Gasteiger partial charge on any atom is -0.337 e. The molecule has 0 saturated carbocycles. The van der Waals surface area contributed by atoms with Crippen molar-refractivity contribution in [2.24, 2.45) is 0 Å². The van der Waals surface area contributed by atoms with Gasteiger partial charge in [0, 0.05) is 18.5 Å². The highest BCUT2D eigenvalue weighted by Crippen LogP contribution is 2.33. The third-order valence-corrected chi connectivity index (χ3v) is 3.46. The Hall–Kier alpha value is -0.530. The van der Waals surface area contributed by atoms with Gasteiger partial charge in [0.1, 0.15) is 0 Å². The highest BCUT2D eigenvalue weighted by atomic mass is 16.2. The molecule has 0 aromatic carbocycles. The van der Waals surface area contributed by atoms with Crippen LogP contribution in [0.1, 0.15) is 51.9 Å². The summed E-state index contributed by atoms with van der Waals surface area (Å²) in [4.78, 5) is 13.8. The molecule has 74 valence electrons. The van der Waals surface area contributed by atoms with Crippen LogP contribution in [0.2, 0.25) is 0 Å². The van der Waals surface area contributed by atoms with Gasteiger partial charge in [0.2, 0.25) is 5.91 Å². The minimum absolute atomic E-state index is 0.420. The molecule has 0 aromatic heterocycles. The number of hydrogen-bond acceptors (Lipinski definition) is 1. The van der Waals surface area contributed by atoms with Gasteiger partial charge in [-0.05, 0) is 32.1 Å². The molecule has 0 aromatic rings. The maximum absolute atomic E-state index is 11.6. The van der Waals surface area contributed by atoms with Gasteiger partial charge >= 0.3 is 0 Å². The van der Waals surface area contributed by atoms with Gasteiger partial charge in [-0.1, -0.05) is 13.3 Å². The van der Waals surface area contributed by atoms with E-state index in [9.17, 15) is 4.79 Å². The van der Waals surface area contributed by atoms with Crippen LogP contribution in [0, 0.1) is 0 Å². The Kier molecular flexibility index (Phi) is 2.56. The molecule has 2 aliphatic rings. The van der Waals surface area contributed by atoms with Crippen molar-refractivity contribution in [2.45, 2.75) is 64.0 Å². The monoisotopic (exact) mass is 181 g/mol. The maximum atomic E-state index is 11.6. The summed E-state index contributed by atoms with van der Waals surface area (Å²) in [6.45, 7) is 2.21. The van der Waals surface area contributed by atoms with Crippen LogP contribution in [-0.4, -0.2) is 22.9 Å². The molecule has 0 aliphatic carbocycles. The van der Waals surface area contributed by atoms with Crippen molar-refractivity contribution in [1.82, 2.24) is 4.90 Å². The number of rotatable bonds is 2. The lowest BCUT2D eigenvalue weighted by Gasteiger charge is -2.37. The summed E-state index contributed by atoms with van der Waals surface area (Å²) >= 11 is 0. The van der Waals surface area contributed by atoms with E-state index in [4.69, 9.17) is 0 Å². The van der Waals surface area contributed by atoms with Gasteiger partial charge in [-0.2, -0.15) is 0 Å². The summed E-state index contributed by atoms with van der Waals surface area (Å²) in [7, 11) is 0. The zero-order chi connectivity index (χ0) is 9.26. The molecule has 0 unspecified atom stereocenters. The fraction of sp³-hybridized carbons (Fsp3) is 0.909. The Bertz CT molecular complexity index is 200. The second-order valence-corrected chi connectivity index (χ2v) is 4.37. The Balaban J connectivity index is 2.05. The lowest BCUT2D eigenvalue weighted by atomic mass is 9.94. The zero-order valence-corrected chi connectivity index (χ0v) is 8.46. The highest BCUT2D eigenvalue weighted by molar-refractivity contribution is 5.79. The highest BCUT2D eigenvalue weighted by Gasteiger charge is 2.37. The van der Waals surface area contributed by atoms with Crippen molar-refractivity contribution in [3.05, 3.63) is 0 Å². The third-order valence-electron chi connectivity index (χ3n) is 3.46. The average Bonchev–Trinajstić information content (AvgIpc) is 2.50. The van der Waals surface area contributed by atoms with E-state index in [1.165, 1.54) is 32.1 Å².